The first-order valence-corrected chi connectivity index (χ1v) is 9.33. The van der Waals surface area contributed by atoms with Gasteiger partial charge in [0.25, 0.3) is 5.91 Å². The molecule has 0 aromatic heterocycles. The number of ether oxygens (including phenoxy) is 1. The highest BCUT2D eigenvalue weighted by molar-refractivity contribution is 5.95. The first-order valence-electron chi connectivity index (χ1n) is 9.33. The van der Waals surface area contributed by atoms with Gasteiger partial charge < -0.3 is 9.64 Å². The predicted molar refractivity (Wildman–Crippen MR) is 99.1 cm³/mol. The molecule has 1 unspecified atom stereocenters. The van der Waals surface area contributed by atoms with Crippen LogP contribution < -0.4 is 4.74 Å². The number of likely N-dealkylation sites (tertiary alicyclic amines) is 1. The number of carbonyl (C=O) groups is 1. The van der Waals surface area contributed by atoms with Gasteiger partial charge in [-0.1, -0.05) is 18.2 Å². The van der Waals surface area contributed by atoms with E-state index in [9.17, 15) is 4.79 Å². The van der Waals surface area contributed by atoms with Crippen molar-refractivity contribution in [2.45, 2.75) is 44.6 Å². The van der Waals surface area contributed by atoms with E-state index in [0.29, 0.717) is 0 Å². The largest absolute Gasteiger partial charge is 0.497 e. The van der Waals surface area contributed by atoms with Crippen LogP contribution in [-0.2, 0) is 12.8 Å². The summed E-state index contributed by atoms with van der Waals surface area (Å²) in [5, 5.41) is 0. The van der Waals surface area contributed by atoms with Crippen LogP contribution in [0.4, 0.5) is 0 Å². The van der Waals surface area contributed by atoms with E-state index in [-0.39, 0.29) is 11.9 Å². The van der Waals surface area contributed by atoms with Crippen molar-refractivity contribution in [2.75, 3.05) is 13.7 Å². The lowest BCUT2D eigenvalue weighted by molar-refractivity contribution is 0.0735. The maximum Gasteiger partial charge on any atom is 0.254 e. The second-order valence-electron chi connectivity index (χ2n) is 7.12. The third-order valence-corrected chi connectivity index (χ3v) is 5.61. The van der Waals surface area contributed by atoms with Crippen LogP contribution in [-0.4, -0.2) is 24.5 Å². The third-order valence-electron chi connectivity index (χ3n) is 5.61. The lowest BCUT2D eigenvalue weighted by Gasteiger charge is -2.26. The number of nitrogens with zero attached hydrogens (tertiary/aromatic N) is 1. The second-order valence-corrected chi connectivity index (χ2v) is 7.12. The molecule has 2 aromatic carbocycles. The molecule has 0 spiro atoms. The lowest BCUT2D eigenvalue weighted by atomic mass is 9.90. The Hall–Kier alpha value is -2.29. The highest BCUT2D eigenvalue weighted by Crippen LogP contribution is 2.34. The van der Waals surface area contributed by atoms with E-state index in [1.165, 1.54) is 29.5 Å². The Morgan fingerprint density at radius 1 is 1.00 bits per heavy atom. The van der Waals surface area contributed by atoms with E-state index in [1.807, 2.05) is 23.1 Å². The third kappa shape index (κ3) is 3.15. The van der Waals surface area contributed by atoms with E-state index < -0.39 is 0 Å². The fourth-order valence-corrected chi connectivity index (χ4v) is 4.21. The summed E-state index contributed by atoms with van der Waals surface area (Å²) >= 11 is 0. The molecule has 3 nitrogen and oxygen atoms in total. The number of methoxy groups -OCH3 is 1. The summed E-state index contributed by atoms with van der Waals surface area (Å²) in [7, 11) is 1.68. The van der Waals surface area contributed by atoms with Gasteiger partial charge in [0.1, 0.15) is 5.75 Å². The number of hydrogen-bond donors (Lipinski definition) is 0. The van der Waals surface area contributed by atoms with Gasteiger partial charge in [-0.15, -0.1) is 0 Å². The first-order chi connectivity index (χ1) is 12.3. The van der Waals surface area contributed by atoms with Crippen LogP contribution in [0.3, 0.4) is 0 Å². The summed E-state index contributed by atoms with van der Waals surface area (Å²) in [5.74, 6) is 1.03. The molecule has 0 saturated carbocycles. The Morgan fingerprint density at radius 3 is 2.52 bits per heavy atom. The zero-order valence-electron chi connectivity index (χ0n) is 14.8. The molecular weight excluding hydrogens is 310 g/mol. The highest BCUT2D eigenvalue weighted by Gasteiger charge is 2.30. The van der Waals surface area contributed by atoms with E-state index in [1.54, 1.807) is 7.11 Å². The molecule has 25 heavy (non-hydrogen) atoms. The fraction of sp³-hybridized carbons (Fsp3) is 0.409. The van der Waals surface area contributed by atoms with E-state index in [2.05, 4.69) is 24.3 Å². The van der Waals surface area contributed by atoms with Gasteiger partial charge in [-0.2, -0.15) is 0 Å². The molecule has 3 heteroatoms. The van der Waals surface area contributed by atoms with Gasteiger partial charge in [-0.25, -0.2) is 0 Å². The molecule has 1 saturated heterocycles. The van der Waals surface area contributed by atoms with Crippen molar-refractivity contribution in [3.8, 4) is 5.75 Å². The lowest BCUT2D eigenvalue weighted by Crippen LogP contribution is -2.30. The van der Waals surface area contributed by atoms with Crippen LogP contribution in [0, 0.1) is 0 Å². The van der Waals surface area contributed by atoms with Crippen molar-refractivity contribution in [2.24, 2.45) is 0 Å². The fourth-order valence-electron chi connectivity index (χ4n) is 4.21. The van der Waals surface area contributed by atoms with Crippen molar-refractivity contribution in [1.82, 2.24) is 4.90 Å². The minimum atomic E-state index is 0.173. The zero-order chi connectivity index (χ0) is 17.2. The Labute approximate surface area is 149 Å². The van der Waals surface area contributed by atoms with Gasteiger partial charge in [0, 0.05) is 12.1 Å². The summed E-state index contributed by atoms with van der Waals surface area (Å²) in [4.78, 5) is 15.2. The van der Waals surface area contributed by atoms with Crippen LogP contribution in [0.15, 0.2) is 42.5 Å². The summed E-state index contributed by atoms with van der Waals surface area (Å²) < 4.78 is 5.25. The van der Waals surface area contributed by atoms with Crippen LogP contribution in [0.5, 0.6) is 5.75 Å². The van der Waals surface area contributed by atoms with Gasteiger partial charge in [0.05, 0.1) is 13.2 Å². The Bertz CT molecular complexity index is 766. The molecule has 4 rings (SSSR count). The van der Waals surface area contributed by atoms with Crippen LogP contribution >= 0.6 is 0 Å². The minimum absolute atomic E-state index is 0.173. The smallest absolute Gasteiger partial charge is 0.254 e. The number of carbonyl (C=O) groups excluding carboxylic acids is 1. The van der Waals surface area contributed by atoms with Gasteiger partial charge in [-0.05, 0) is 79.5 Å². The van der Waals surface area contributed by atoms with Gasteiger partial charge in [-0.3, -0.25) is 4.79 Å². The van der Waals surface area contributed by atoms with E-state index >= 15 is 0 Å². The molecule has 2 aliphatic rings. The summed E-state index contributed by atoms with van der Waals surface area (Å²) in [6.45, 7) is 0.840. The van der Waals surface area contributed by atoms with Gasteiger partial charge >= 0.3 is 0 Å². The Morgan fingerprint density at radius 2 is 1.76 bits per heavy atom. The first kappa shape index (κ1) is 16.2. The maximum absolute atomic E-state index is 13.1. The molecule has 1 heterocycles. The maximum atomic E-state index is 13.1. The molecule has 1 amide bonds. The number of fused-ring (bicyclic) bond motifs is 1. The molecule has 1 aliphatic carbocycles. The summed E-state index contributed by atoms with van der Waals surface area (Å²) in [6.07, 6.45) is 6.87. The second kappa shape index (κ2) is 6.91. The summed E-state index contributed by atoms with van der Waals surface area (Å²) in [6, 6.07) is 14.6. The van der Waals surface area contributed by atoms with Crippen LogP contribution in [0.2, 0.25) is 0 Å². The molecule has 2 aromatic rings. The van der Waals surface area contributed by atoms with Crippen molar-refractivity contribution < 1.29 is 9.53 Å². The molecule has 0 radical (unpaired) electrons. The van der Waals surface area contributed by atoms with E-state index in [4.69, 9.17) is 4.74 Å². The number of aryl methyl sites for hydroxylation is 2. The van der Waals surface area contributed by atoms with Crippen molar-refractivity contribution in [3.05, 3.63) is 64.7 Å². The van der Waals surface area contributed by atoms with Crippen molar-refractivity contribution >= 4 is 5.91 Å². The molecule has 1 aliphatic heterocycles. The monoisotopic (exact) mass is 335 g/mol. The topological polar surface area (TPSA) is 29.5 Å². The SMILES string of the molecule is COc1ccc(C2CCCN2C(=O)c2ccc3c(c2)CCCC3)cc1. The standard InChI is InChI=1S/C22H25NO2/c1-25-20-12-10-17(11-13-20)21-7-4-14-23(21)22(24)19-9-8-16-5-2-3-6-18(16)15-19/h8-13,15,21H,2-7,14H2,1H3. The van der Waals surface area contributed by atoms with E-state index in [0.717, 1.165) is 43.5 Å². The molecule has 1 atom stereocenters. The molecular formula is C22H25NO2. The summed E-state index contributed by atoms with van der Waals surface area (Å²) in [5.41, 5.74) is 4.85. The van der Waals surface area contributed by atoms with Crippen LogP contribution in [0.1, 0.15) is 58.8 Å². The Kier molecular flexibility index (Phi) is 4.48. The quantitative estimate of drug-likeness (QED) is 0.823. The van der Waals surface area contributed by atoms with Crippen molar-refractivity contribution in [3.63, 3.8) is 0 Å². The molecule has 1 fully saturated rings. The minimum Gasteiger partial charge on any atom is -0.497 e. The number of amides is 1. The molecule has 130 valence electrons. The predicted octanol–water partition coefficient (Wildman–Crippen LogP) is 4.55. The molecule has 0 bridgehead atoms. The number of hydrogen-bond acceptors (Lipinski definition) is 2. The zero-order valence-corrected chi connectivity index (χ0v) is 14.8. The van der Waals surface area contributed by atoms with Crippen molar-refractivity contribution in [1.29, 1.82) is 0 Å². The van der Waals surface area contributed by atoms with Gasteiger partial charge in [0.15, 0.2) is 0 Å². The average molecular weight is 335 g/mol. The number of rotatable bonds is 3. The molecule has 0 N–H and O–H groups in total. The van der Waals surface area contributed by atoms with Crippen LogP contribution in [0.25, 0.3) is 0 Å². The van der Waals surface area contributed by atoms with Gasteiger partial charge in [0.2, 0.25) is 0 Å². The Balaban J connectivity index is 1.58. The number of benzene rings is 2. The highest BCUT2D eigenvalue weighted by atomic mass is 16.5. The normalized spacial score (nSPS) is 19.6. The average Bonchev–Trinajstić information content (AvgIpc) is 3.17.